The number of hydrogen-bond acceptors (Lipinski definition) is 2. The maximum Gasteiger partial charge on any atom is 0.137 e. The van der Waals surface area contributed by atoms with Gasteiger partial charge in [0.1, 0.15) is 5.58 Å². The van der Waals surface area contributed by atoms with E-state index in [1.54, 1.807) is 0 Å². The number of hydrogen-bond donors (Lipinski definition) is 1. The molecule has 0 aliphatic heterocycles. The Balaban J connectivity index is 2.37. The number of benzene rings is 1. The second-order valence-corrected chi connectivity index (χ2v) is 5.18. The van der Waals surface area contributed by atoms with Crippen molar-refractivity contribution in [1.29, 1.82) is 0 Å². The Morgan fingerprint density at radius 3 is 2.59 bits per heavy atom. The quantitative estimate of drug-likeness (QED) is 0.858. The van der Waals surface area contributed by atoms with Crippen molar-refractivity contribution in [3.8, 4) is 0 Å². The van der Waals surface area contributed by atoms with Crippen molar-refractivity contribution in [1.82, 2.24) is 5.32 Å². The normalized spacial score (nSPS) is 11.9. The van der Waals surface area contributed by atoms with Crippen LogP contribution >= 0.6 is 0 Å². The summed E-state index contributed by atoms with van der Waals surface area (Å²) in [4.78, 5) is 0. The first-order chi connectivity index (χ1) is 8.09. The molecule has 0 radical (unpaired) electrons. The highest BCUT2D eigenvalue weighted by molar-refractivity contribution is 5.84. The summed E-state index contributed by atoms with van der Waals surface area (Å²) < 4.78 is 5.73. The summed E-state index contributed by atoms with van der Waals surface area (Å²) in [6, 6.07) is 6.90. The van der Waals surface area contributed by atoms with E-state index in [2.05, 4.69) is 51.2 Å². The van der Waals surface area contributed by atoms with Crippen LogP contribution in [0.25, 0.3) is 11.0 Å². The van der Waals surface area contributed by atoms with Crippen molar-refractivity contribution in [2.75, 3.05) is 0 Å². The fourth-order valence-electron chi connectivity index (χ4n) is 2.04. The molecule has 1 heterocycles. The number of rotatable bonds is 4. The first-order valence-electron chi connectivity index (χ1n) is 6.32. The Hall–Kier alpha value is -1.28. The summed E-state index contributed by atoms with van der Waals surface area (Å²) in [5, 5.41) is 4.67. The average molecular weight is 231 g/mol. The second-order valence-electron chi connectivity index (χ2n) is 5.18. The molecule has 0 saturated heterocycles. The van der Waals surface area contributed by atoms with Crippen LogP contribution in [0, 0.1) is 0 Å². The van der Waals surface area contributed by atoms with Crippen LogP contribution < -0.4 is 5.32 Å². The molecule has 0 amide bonds. The van der Waals surface area contributed by atoms with Crippen LogP contribution in [0.5, 0.6) is 0 Å². The van der Waals surface area contributed by atoms with E-state index in [0.29, 0.717) is 12.0 Å². The van der Waals surface area contributed by atoms with Crippen LogP contribution in [0.15, 0.2) is 28.9 Å². The maximum atomic E-state index is 5.73. The van der Waals surface area contributed by atoms with E-state index < -0.39 is 0 Å². The van der Waals surface area contributed by atoms with E-state index in [1.165, 1.54) is 16.5 Å². The highest BCUT2D eigenvalue weighted by Gasteiger charge is 2.11. The molecule has 0 bridgehead atoms. The van der Waals surface area contributed by atoms with E-state index >= 15 is 0 Å². The average Bonchev–Trinajstić information content (AvgIpc) is 2.68. The van der Waals surface area contributed by atoms with Crippen LogP contribution in [0.2, 0.25) is 0 Å². The minimum atomic E-state index is 0.494. The molecule has 92 valence electrons. The van der Waals surface area contributed by atoms with Gasteiger partial charge in [-0.15, -0.1) is 0 Å². The fourth-order valence-corrected chi connectivity index (χ4v) is 2.04. The van der Waals surface area contributed by atoms with Crippen molar-refractivity contribution in [2.45, 2.75) is 46.2 Å². The highest BCUT2D eigenvalue weighted by Crippen LogP contribution is 2.29. The van der Waals surface area contributed by atoms with Gasteiger partial charge in [0, 0.05) is 23.5 Å². The lowest BCUT2D eigenvalue weighted by Gasteiger charge is -2.07. The minimum absolute atomic E-state index is 0.494. The summed E-state index contributed by atoms with van der Waals surface area (Å²) in [6.45, 7) is 9.57. The molecule has 2 nitrogen and oxygen atoms in total. The van der Waals surface area contributed by atoms with E-state index in [1.807, 2.05) is 6.26 Å². The molecule has 1 aromatic carbocycles. The van der Waals surface area contributed by atoms with Gasteiger partial charge in [-0.05, 0) is 11.5 Å². The number of furan rings is 1. The molecule has 0 fully saturated rings. The predicted octanol–water partition coefficient (Wildman–Crippen LogP) is 4.05. The Kier molecular flexibility index (Phi) is 3.53. The van der Waals surface area contributed by atoms with E-state index in [9.17, 15) is 0 Å². The molecule has 2 rings (SSSR count). The number of fused-ring (bicyclic) bond motifs is 1. The van der Waals surface area contributed by atoms with Gasteiger partial charge in [-0.3, -0.25) is 0 Å². The predicted molar refractivity (Wildman–Crippen MR) is 72.3 cm³/mol. The van der Waals surface area contributed by atoms with Gasteiger partial charge in [0.05, 0.1) is 6.26 Å². The van der Waals surface area contributed by atoms with E-state index in [4.69, 9.17) is 4.42 Å². The number of nitrogens with one attached hydrogen (secondary N) is 1. The van der Waals surface area contributed by atoms with Crippen LogP contribution in [0.4, 0.5) is 0 Å². The fraction of sp³-hybridized carbons (Fsp3) is 0.467. The summed E-state index contributed by atoms with van der Waals surface area (Å²) in [5.41, 5.74) is 3.58. The van der Waals surface area contributed by atoms with Gasteiger partial charge in [0.2, 0.25) is 0 Å². The van der Waals surface area contributed by atoms with Crippen molar-refractivity contribution >= 4 is 11.0 Å². The smallest absolute Gasteiger partial charge is 0.137 e. The Labute approximate surface area is 103 Å². The standard InChI is InChI=1S/C15H21NO/c1-10(2)13-6-5-7-14-12(8-16-11(3)4)9-17-15(13)14/h5-7,9-11,16H,8H2,1-4H3. The van der Waals surface area contributed by atoms with Crippen molar-refractivity contribution in [3.63, 3.8) is 0 Å². The SMILES string of the molecule is CC(C)NCc1coc2c(C(C)C)cccc12. The van der Waals surface area contributed by atoms with Crippen molar-refractivity contribution in [3.05, 3.63) is 35.6 Å². The summed E-state index contributed by atoms with van der Waals surface area (Å²) in [5.74, 6) is 0.496. The molecule has 0 atom stereocenters. The highest BCUT2D eigenvalue weighted by atomic mass is 16.3. The largest absolute Gasteiger partial charge is 0.464 e. The van der Waals surface area contributed by atoms with Crippen molar-refractivity contribution in [2.24, 2.45) is 0 Å². The third-order valence-corrected chi connectivity index (χ3v) is 3.03. The molecule has 0 aliphatic rings. The van der Waals surface area contributed by atoms with Gasteiger partial charge >= 0.3 is 0 Å². The molecule has 2 heteroatoms. The monoisotopic (exact) mass is 231 g/mol. The Bertz CT molecular complexity index is 497. The van der Waals surface area contributed by atoms with Crippen LogP contribution in [-0.2, 0) is 6.54 Å². The molecule has 17 heavy (non-hydrogen) atoms. The molecular weight excluding hydrogens is 210 g/mol. The molecule has 0 unspecified atom stereocenters. The summed E-state index contributed by atoms with van der Waals surface area (Å²) in [6.07, 6.45) is 1.88. The van der Waals surface area contributed by atoms with Crippen molar-refractivity contribution < 1.29 is 4.42 Å². The third-order valence-electron chi connectivity index (χ3n) is 3.03. The first-order valence-corrected chi connectivity index (χ1v) is 6.32. The third kappa shape index (κ3) is 2.52. The summed E-state index contributed by atoms with van der Waals surface area (Å²) in [7, 11) is 0. The Morgan fingerprint density at radius 1 is 1.18 bits per heavy atom. The van der Waals surface area contributed by atoms with Crippen LogP contribution in [0.3, 0.4) is 0 Å². The van der Waals surface area contributed by atoms with E-state index in [-0.39, 0.29) is 0 Å². The maximum absolute atomic E-state index is 5.73. The van der Waals surface area contributed by atoms with Crippen LogP contribution in [0.1, 0.15) is 44.7 Å². The zero-order valence-corrected chi connectivity index (χ0v) is 11.1. The first kappa shape index (κ1) is 12.2. The van der Waals surface area contributed by atoms with Gasteiger partial charge in [-0.2, -0.15) is 0 Å². The van der Waals surface area contributed by atoms with Gasteiger partial charge in [0.25, 0.3) is 0 Å². The van der Waals surface area contributed by atoms with Gasteiger partial charge in [-0.25, -0.2) is 0 Å². The second kappa shape index (κ2) is 4.92. The lowest BCUT2D eigenvalue weighted by molar-refractivity contribution is 0.570. The van der Waals surface area contributed by atoms with Gasteiger partial charge in [-0.1, -0.05) is 45.9 Å². The molecule has 2 aromatic rings. The molecular formula is C15H21NO. The van der Waals surface area contributed by atoms with E-state index in [0.717, 1.165) is 12.1 Å². The summed E-state index contributed by atoms with van der Waals surface area (Å²) >= 11 is 0. The lowest BCUT2D eigenvalue weighted by Crippen LogP contribution is -2.21. The number of para-hydroxylation sites is 1. The lowest BCUT2D eigenvalue weighted by atomic mass is 10.00. The molecule has 1 N–H and O–H groups in total. The zero-order valence-electron chi connectivity index (χ0n) is 11.1. The van der Waals surface area contributed by atoms with Gasteiger partial charge < -0.3 is 9.73 Å². The molecule has 0 saturated carbocycles. The zero-order chi connectivity index (χ0) is 12.4. The Morgan fingerprint density at radius 2 is 1.94 bits per heavy atom. The minimum Gasteiger partial charge on any atom is -0.464 e. The topological polar surface area (TPSA) is 25.2 Å². The van der Waals surface area contributed by atoms with Gasteiger partial charge in [0.15, 0.2) is 0 Å². The molecule has 0 aliphatic carbocycles. The molecule has 0 spiro atoms. The van der Waals surface area contributed by atoms with Crippen LogP contribution in [-0.4, -0.2) is 6.04 Å². The molecule has 1 aromatic heterocycles.